The Morgan fingerprint density at radius 2 is 1.75 bits per heavy atom. The minimum Gasteiger partial charge on any atom is -0.480 e. The van der Waals surface area contributed by atoms with Gasteiger partial charge in [-0.3, -0.25) is 4.79 Å². The van der Waals surface area contributed by atoms with E-state index in [0.29, 0.717) is 38.7 Å². The van der Waals surface area contributed by atoms with Crippen LogP contribution in [0, 0.1) is 0 Å². The molecular weight excluding hydrogens is 354 g/mol. The van der Waals surface area contributed by atoms with Crippen molar-refractivity contribution < 1.29 is 24.2 Å². The Labute approximate surface area is 151 Å². The highest BCUT2D eigenvalue weighted by atomic mass is 33.1. The van der Waals surface area contributed by atoms with E-state index in [1.54, 1.807) is 13.8 Å². The van der Waals surface area contributed by atoms with Crippen molar-refractivity contribution in [3.05, 3.63) is 0 Å². The predicted octanol–water partition coefficient (Wildman–Crippen LogP) is 0.0565. The van der Waals surface area contributed by atoms with Gasteiger partial charge in [-0.2, -0.15) is 0 Å². The lowest BCUT2D eigenvalue weighted by molar-refractivity contribution is -0.142. The van der Waals surface area contributed by atoms with Crippen LogP contribution in [0.25, 0.3) is 0 Å². The largest absolute Gasteiger partial charge is 0.480 e. The maximum Gasteiger partial charge on any atom is 0.327 e. The van der Waals surface area contributed by atoms with Gasteiger partial charge in [0.2, 0.25) is 5.91 Å². The summed E-state index contributed by atoms with van der Waals surface area (Å²) in [6.07, 6.45) is 0.0946. The molecule has 0 aromatic rings. The Morgan fingerprint density at radius 3 is 2.29 bits per heavy atom. The fraction of sp³-hybridized carbons (Fsp3) is 0.857. The maximum absolute atomic E-state index is 11.9. The van der Waals surface area contributed by atoms with Crippen molar-refractivity contribution in [2.45, 2.75) is 31.1 Å². The molecular formula is C14H29N3O5S2. The number of hydrogen-bond donors (Lipinski definition) is 4. The molecule has 142 valence electrons. The highest BCUT2D eigenvalue weighted by molar-refractivity contribution is 8.77. The van der Waals surface area contributed by atoms with Crippen molar-refractivity contribution in [1.82, 2.24) is 5.32 Å². The molecule has 0 aliphatic rings. The number of nitrogens with two attached hydrogens (primary N) is 2. The lowest BCUT2D eigenvalue weighted by Gasteiger charge is -2.30. The molecule has 0 radical (unpaired) electrons. The minimum absolute atomic E-state index is 0.0946. The summed E-state index contributed by atoms with van der Waals surface area (Å²) in [5, 5.41) is 11.9. The third kappa shape index (κ3) is 11.1. The summed E-state index contributed by atoms with van der Waals surface area (Å²) < 4.78 is 9.73. The lowest BCUT2D eigenvalue weighted by atomic mass is 10.0. The Hall–Kier alpha value is -0.520. The van der Waals surface area contributed by atoms with Gasteiger partial charge in [0.15, 0.2) is 0 Å². The first-order chi connectivity index (χ1) is 11.3. The zero-order valence-corrected chi connectivity index (χ0v) is 15.9. The van der Waals surface area contributed by atoms with Gasteiger partial charge in [-0.25, -0.2) is 4.79 Å². The van der Waals surface area contributed by atoms with Crippen LogP contribution >= 0.6 is 21.6 Å². The SMILES string of the molecule is CC(C)(SSCCN)C(NC(=O)CCOCCOCCN)C(=O)O. The zero-order chi connectivity index (χ0) is 18.4. The minimum atomic E-state index is -1.06. The van der Waals surface area contributed by atoms with E-state index in [0.717, 1.165) is 0 Å². The third-order valence-corrected chi connectivity index (χ3v) is 6.16. The summed E-state index contributed by atoms with van der Waals surface area (Å²) in [5.41, 5.74) is 10.7. The van der Waals surface area contributed by atoms with Crippen LogP contribution in [-0.4, -0.2) is 73.0 Å². The van der Waals surface area contributed by atoms with Crippen molar-refractivity contribution in [2.24, 2.45) is 11.5 Å². The molecule has 0 rings (SSSR count). The Kier molecular flexibility index (Phi) is 13.4. The van der Waals surface area contributed by atoms with Gasteiger partial charge in [0.05, 0.1) is 31.2 Å². The lowest BCUT2D eigenvalue weighted by Crippen LogP contribution is -2.52. The maximum atomic E-state index is 11.9. The first-order valence-electron chi connectivity index (χ1n) is 7.73. The van der Waals surface area contributed by atoms with Gasteiger partial charge in [0, 0.05) is 25.3 Å². The van der Waals surface area contributed by atoms with E-state index in [4.69, 9.17) is 20.9 Å². The Bertz CT molecular complexity index is 372. The van der Waals surface area contributed by atoms with Crippen molar-refractivity contribution in [1.29, 1.82) is 0 Å². The predicted molar refractivity (Wildman–Crippen MR) is 98.1 cm³/mol. The molecule has 24 heavy (non-hydrogen) atoms. The van der Waals surface area contributed by atoms with Gasteiger partial charge in [-0.05, 0) is 13.8 Å². The summed E-state index contributed by atoms with van der Waals surface area (Å²) in [4.78, 5) is 23.4. The first-order valence-corrected chi connectivity index (χ1v) is 10.1. The van der Waals surface area contributed by atoms with Gasteiger partial charge in [0.25, 0.3) is 0 Å². The van der Waals surface area contributed by atoms with Crippen molar-refractivity contribution in [3.8, 4) is 0 Å². The molecule has 1 atom stereocenters. The number of carbonyl (C=O) groups excluding carboxylic acids is 1. The molecule has 0 aromatic heterocycles. The number of ether oxygens (including phenoxy) is 2. The van der Waals surface area contributed by atoms with Crippen LogP contribution in [0.3, 0.4) is 0 Å². The zero-order valence-electron chi connectivity index (χ0n) is 14.3. The fourth-order valence-corrected chi connectivity index (χ4v) is 4.10. The second-order valence-corrected chi connectivity index (χ2v) is 8.47. The van der Waals surface area contributed by atoms with Gasteiger partial charge in [-0.1, -0.05) is 21.6 Å². The molecule has 0 saturated heterocycles. The number of amides is 1. The van der Waals surface area contributed by atoms with Gasteiger partial charge in [-0.15, -0.1) is 0 Å². The van der Waals surface area contributed by atoms with Crippen LogP contribution in [0.2, 0.25) is 0 Å². The molecule has 10 heteroatoms. The van der Waals surface area contributed by atoms with E-state index in [1.165, 1.54) is 21.6 Å². The number of hydrogen-bond acceptors (Lipinski definition) is 8. The van der Waals surface area contributed by atoms with E-state index in [9.17, 15) is 14.7 Å². The van der Waals surface area contributed by atoms with Gasteiger partial charge >= 0.3 is 5.97 Å². The highest BCUT2D eigenvalue weighted by Gasteiger charge is 2.37. The number of carboxylic acids is 1. The third-order valence-electron chi connectivity index (χ3n) is 2.83. The highest BCUT2D eigenvalue weighted by Crippen LogP contribution is 2.37. The van der Waals surface area contributed by atoms with Crippen LogP contribution in [0.4, 0.5) is 0 Å². The van der Waals surface area contributed by atoms with Crippen LogP contribution in [0.15, 0.2) is 0 Å². The second kappa shape index (κ2) is 13.7. The molecule has 0 bridgehead atoms. The number of carboxylic acid groups (broad SMARTS) is 1. The molecule has 0 spiro atoms. The first kappa shape index (κ1) is 23.5. The molecule has 1 unspecified atom stereocenters. The molecule has 8 nitrogen and oxygen atoms in total. The van der Waals surface area contributed by atoms with Crippen LogP contribution in [0.1, 0.15) is 20.3 Å². The molecule has 6 N–H and O–H groups in total. The van der Waals surface area contributed by atoms with E-state index in [1.807, 2.05) is 0 Å². The standard InChI is InChI=1S/C14H29N3O5S2/c1-14(2,24-23-10-5-16)12(13(19)20)17-11(18)3-6-21-8-9-22-7-4-15/h12H,3-10,15-16H2,1-2H3,(H,17,18)(H,19,20). The summed E-state index contributed by atoms with van der Waals surface area (Å²) in [6.45, 7) is 6.00. The molecule has 0 aliphatic carbocycles. The molecule has 0 heterocycles. The van der Waals surface area contributed by atoms with Crippen LogP contribution in [0.5, 0.6) is 0 Å². The fourth-order valence-electron chi connectivity index (χ4n) is 1.63. The van der Waals surface area contributed by atoms with Crippen LogP contribution < -0.4 is 16.8 Å². The summed E-state index contributed by atoms with van der Waals surface area (Å²) >= 11 is 0. The number of aliphatic carboxylic acids is 1. The second-order valence-electron chi connectivity index (χ2n) is 5.40. The smallest absolute Gasteiger partial charge is 0.327 e. The van der Waals surface area contributed by atoms with E-state index >= 15 is 0 Å². The van der Waals surface area contributed by atoms with E-state index in [-0.39, 0.29) is 18.9 Å². The molecule has 0 saturated carbocycles. The summed E-state index contributed by atoms with van der Waals surface area (Å²) in [6, 6.07) is -0.992. The average Bonchev–Trinajstić information content (AvgIpc) is 2.51. The number of carbonyl (C=O) groups is 2. The van der Waals surface area contributed by atoms with Crippen molar-refractivity contribution >= 4 is 33.5 Å². The van der Waals surface area contributed by atoms with Gasteiger partial charge in [0.1, 0.15) is 6.04 Å². The Balaban J connectivity index is 4.17. The number of rotatable bonds is 15. The van der Waals surface area contributed by atoms with Gasteiger partial charge < -0.3 is 31.4 Å². The quantitative estimate of drug-likeness (QED) is 0.228. The van der Waals surface area contributed by atoms with Crippen LogP contribution in [-0.2, 0) is 19.1 Å². The van der Waals surface area contributed by atoms with Crippen molar-refractivity contribution in [2.75, 3.05) is 45.3 Å². The van der Waals surface area contributed by atoms with E-state index in [2.05, 4.69) is 5.32 Å². The molecule has 0 aromatic carbocycles. The molecule has 0 aliphatic heterocycles. The van der Waals surface area contributed by atoms with Crippen molar-refractivity contribution in [3.63, 3.8) is 0 Å². The average molecular weight is 384 g/mol. The topological polar surface area (TPSA) is 137 Å². The monoisotopic (exact) mass is 383 g/mol. The van der Waals surface area contributed by atoms with E-state index < -0.39 is 16.8 Å². The normalized spacial score (nSPS) is 12.8. The molecule has 1 amide bonds. The molecule has 0 fully saturated rings. The summed E-state index contributed by atoms with van der Waals surface area (Å²) in [7, 11) is 2.90. The summed E-state index contributed by atoms with van der Waals surface area (Å²) in [5.74, 6) is -0.706. The Morgan fingerprint density at radius 1 is 1.12 bits per heavy atom. The number of nitrogens with one attached hydrogen (secondary N) is 1.